The van der Waals surface area contributed by atoms with Gasteiger partial charge in [0.15, 0.2) is 6.61 Å². The van der Waals surface area contributed by atoms with E-state index in [1.807, 2.05) is 39.0 Å². The highest BCUT2D eigenvalue weighted by Gasteiger charge is 2.14. The van der Waals surface area contributed by atoms with Gasteiger partial charge in [-0.1, -0.05) is 26.0 Å². The van der Waals surface area contributed by atoms with Crippen LogP contribution >= 0.6 is 0 Å². The van der Waals surface area contributed by atoms with Crippen molar-refractivity contribution in [3.63, 3.8) is 0 Å². The molecule has 0 unspecified atom stereocenters. The average molecular weight is 344 g/mol. The molecule has 0 spiro atoms. The minimum atomic E-state index is -0.604. The van der Waals surface area contributed by atoms with Gasteiger partial charge in [0.05, 0.1) is 10.6 Å². The zero-order valence-corrected chi connectivity index (χ0v) is 14.3. The number of aryl methyl sites for hydroxylation is 1. The van der Waals surface area contributed by atoms with Gasteiger partial charge < -0.3 is 15.2 Å². The SMILES string of the molecule is Cc1ccc(C(C)C)c(OCC(=O)Nc2cc([N+](=O)[O-])ccc2O)c1. The molecule has 0 fully saturated rings. The smallest absolute Gasteiger partial charge is 0.271 e. The summed E-state index contributed by atoms with van der Waals surface area (Å²) < 4.78 is 5.60. The van der Waals surface area contributed by atoms with Crippen molar-refractivity contribution in [2.24, 2.45) is 0 Å². The number of hydrogen-bond acceptors (Lipinski definition) is 5. The first kappa shape index (κ1) is 18.3. The number of carbonyl (C=O) groups excluding carboxylic acids is 1. The molecule has 2 N–H and O–H groups in total. The van der Waals surface area contributed by atoms with Gasteiger partial charge in [-0.2, -0.15) is 0 Å². The number of hydrogen-bond donors (Lipinski definition) is 2. The summed E-state index contributed by atoms with van der Waals surface area (Å²) >= 11 is 0. The molecule has 0 aliphatic rings. The van der Waals surface area contributed by atoms with Crippen LogP contribution in [0.1, 0.15) is 30.9 Å². The lowest BCUT2D eigenvalue weighted by molar-refractivity contribution is -0.384. The largest absolute Gasteiger partial charge is 0.506 e. The summed E-state index contributed by atoms with van der Waals surface area (Å²) in [7, 11) is 0. The van der Waals surface area contributed by atoms with Crippen LogP contribution in [0.5, 0.6) is 11.5 Å². The molecule has 0 heterocycles. The first-order valence-corrected chi connectivity index (χ1v) is 7.78. The number of anilines is 1. The summed E-state index contributed by atoms with van der Waals surface area (Å²) in [5.41, 5.74) is 1.73. The zero-order chi connectivity index (χ0) is 18.6. The molecule has 1 amide bonds. The molecule has 2 aromatic carbocycles. The Morgan fingerprint density at radius 1 is 1.28 bits per heavy atom. The molecule has 7 heteroatoms. The molecule has 0 aliphatic carbocycles. The van der Waals surface area contributed by atoms with Gasteiger partial charge >= 0.3 is 0 Å². The molecule has 0 bridgehead atoms. The average Bonchev–Trinajstić information content (AvgIpc) is 2.54. The van der Waals surface area contributed by atoms with E-state index in [-0.39, 0.29) is 29.6 Å². The molecule has 0 radical (unpaired) electrons. The van der Waals surface area contributed by atoms with E-state index in [1.165, 1.54) is 0 Å². The molecular formula is C18H20N2O5. The Morgan fingerprint density at radius 2 is 2.00 bits per heavy atom. The van der Waals surface area contributed by atoms with Crippen LogP contribution < -0.4 is 10.1 Å². The van der Waals surface area contributed by atoms with Crippen molar-refractivity contribution in [3.8, 4) is 11.5 Å². The first-order valence-electron chi connectivity index (χ1n) is 7.78. The zero-order valence-electron chi connectivity index (χ0n) is 14.3. The maximum absolute atomic E-state index is 12.1. The van der Waals surface area contributed by atoms with Crippen LogP contribution in [-0.4, -0.2) is 22.5 Å². The second-order valence-corrected chi connectivity index (χ2v) is 5.99. The summed E-state index contributed by atoms with van der Waals surface area (Å²) in [4.78, 5) is 22.2. The molecule has 132 valence electrons. The topological polar surface area (TPSA) is 102 Å². The Balaban J connectivity index is 2.08. The van der Waals surface area contributed by atoms with Crippen molar-refractivity contribution in [1.82, 2.24) is 0 Å². The number of carbonyl (C=O) groups is 1. The number of rotatable bonds is 6. The lowest BCUT2D eigenvalue weighted by atomic mass is 10.0. The van der Waals surface area contributed by atoms with Gasteiger partial charge in [0.1, 0.15) is 11.5 Å². The highest BCUT2D eigenvalue weighted by molar-refractivity contribution is 5.93. The van der Waals surface area contributed by atoms with Crippen molar-refractivity contribution >= 4 is 17.3 Å². The number of benzene rings is 2. The monoisotopic (exact) mass is 344 g/mol. The van der Waals surface area contributed by atoms with Crippen molar-refractivity contribution < 1.29 is 19.6 Å². The summed E-state index contributed by atoms with van der Waals surface area (Å²) in [6.07, 6.45) is 0. The molecule has 0 atom stereocenters. The Hall–Kier alpha value is -3.09. The number of amides is 1. The highest BCUT2D eigenvalue weighted by atomic mass is 16.6. The lowest BCUT2D eigenvalue weighted by Gasteiger charge is -2.15. The van der Waals surface area contributed by atoms with E-state index in [4.69, 9.17) is 4.74 Å². The number of ether oxygens (including phenoxy) is 1. The van der Waals surface area contributed by atoms with Crippen molar-refractivity contribution in [3.05, 3.63) is 57.6 Å². The Kier molecular flexibility index (Phi) is 5.59. The molecular weight excluding hydrogens is 324 g/mol. The standard InChI is InChI=1S/C18H20N2O5/c1-11(2)14-6-4-12(3)8-17(14)25-10-18(22)19-15-9-13(20(23)24)5-7-16(15)21/h4-9,11,21H,10H2,1-3H3,(H,19,22). The summed E-state index contributed by atoms with van der Waals surface area (Å²) in [6, 6.07) is 9.20. The summed E-state index contributed by atoms with van der Waals surface area (Å²) in [5, 5.41) is 22.9. The number of non-ortho nitro benzene ring substituents is 1. The van der Waals surface area contributed by atoms with Gasteiger partial charge in [-0.3, -0.25) is 14.9 Å². The minimum Gasteiger partial charge on any atom is -0.506 e. The third kappa shape index (κ3) is 4.69. The normalized spacial score (nSPS) is 10.6. The van der Waals surface area contributed by atoms with Crippen LogP contribution in [0, 0.1) is 17.0 Å². The maximum Gasteiger partial charge on any atom is 0.271 e. The summed E-state index contributed by atoms with van der Waals surface area (Å²) in [6.45, 7) is 5.71. The van der Waals surface area contributed by atoms with Gasteiger partial charge in [0, 0.05) is 12.1 Å². The maximum atomic E-state index is 12.1. The molecule has 0 aromatic heterocycles. The molecule has 2 aromatic rings. The number of nitrogens with one attached hydrogen (secondary N) is 1. The fourth-order valence-electron chi connectivity index (χ4n) is 2.31. The van der Waals surface area contributed by atoms with Crippen molar-refractivity contribution in [1.29, 1.82) is 0 Å². The van der Waals surface area contributed by atoms with Crippen molar-refractivity contribution in [2.45, 2.75) is 26.7 Å². The minimum absolute atomic E-state index is 0.0314. The number of aromatic hydroxyl groups is 1. The number of phenols is 1. The third-order valence-corrected chi connectivity index (χ3v) is 3.61. The second-order valence-electron chi connectivity index (χ2n) is 5.99. The van der Waals surface area contributed by atoms with E-state index in [9.17, 15) is 20.0 Å². The lowest BCUT2D eigenvalue weighted by Crippen LogP contribution is -2.20. The quantitative estimate of drug-likeness (QED) is 0.472. The van der Waals surface area contributed by atoms with E-state index in [0.29, 0.717) is 5.75 Å². The number of nitro benzene ring substituents is 1. The Bertz CT molecular complexity index is 802. The van der Waals surface area contributed by atoms with Crippen molar-refractivity contribution in [2.75, 3.05) is 11.9 Å². The van der Waals surface area contributed by atoms with E-state index >= 15 is 0 Å². The van der Waals surface area contributed by atoms with Crippen LogP contribution in [0.25, 0.3) is 0 Å². The Morgan fingerprint density at radius 3 is 2.64 bits per heavy atom. The molecule has 0 saturated heterocycles. The van der Waals surface area contributed by atoms with Crippen LogP contribution in [0.4, 0.5) is 11.4 Å². The van der Waals surface area contributed by atoms with Gasteiger partial charge in [-0.25, -0.2) is 0 Å². The van der Waals surface area contributed by atoms with E-state index < -0.39 is 10.8 Å². The fourth-order valence-corrected chi connectivity index (χ4v) is 2.31. The predicted molar refractivity (Wildman–Crippen MR) is 94.2 cm³/mol. The van der Waals surface area contributed by atoms with Crippen LogP contribution in [-0.2, 0) is 4.79 Å². The molecule has 25 heavy (non-hydrogen) atoms. The number of nitro groups is 1. The van der Waals surface area contributed by atoms with Gasteiger partial charge in [0.25, 0.3) is 11.6 Å². The van der Waals surface area contributed by atoms with Crippen LogP contribution in [0.3, 0.4) is 0 Å². The third-order valence-electron chi connectivity index (χ3n) is 3.61. The molecule has 2 rings (SSSR count). The van der Waals surface area contributed by atoms with Crippen LogP contribution in [0.15, 0.2) is 36.4 Å². The molecule has 0 aliphatic heterocycles. The highest BCUT2D eigenvalue weighted by Crippen LogP contribution is 2.29. The van der Waals surface area contributed by atoms with Crippen LogP contribution in [0.2, 0.25) is 0 Å². The van der Waals surface area contributed by atoms with E-state index in [2.05, 4.69) is 5.32 Å². The fraction of sp³-hybridized carbons (Fsp3) is 0.278. The second kappa shape index (κ2) is 7.65. The van der Waals surface area contributed by atoms with Gasteiger partial charge in [-0.05, 0) is 36.1 Å². The van der Waals surface area contributed by atoms with Gasteiger partial charge in [0.2, 0.25) is 0 Å². The van der Waals surface area contributed by atoms with E-state index in [0.717, 1.165) is 29.3 Å². The predicted octanol–water partition coefficient (Wildman–Crippen LogP) is 3.75. The van der Waals surface area contributed by atoms with Gasteiger partial charge in [-0.15, -0.1) is 0 Å². The molecule has 0 saturated carbocycles. The number of nitrogens with zero attached hydrogens (tertiary/aromatic N) is 1. The Labute approximate surface area is 145 Å². The summed E-state index contributed by atoms with van der Waals surface area (Å²) in [5.74, 6) is 0.0808. The molecule has 7 nitrogen and oxygen atoms in total. The van der Waals surface area contributed by atoms with E-state index in [1.54, 1.807) is 0 Å². The number of phenolic OH excluding ortho intramolecular Hbond substituents is 1. The first-order chi connectivity index (χ1) is 11.8.